The lowest BCUT2D eigenvalue weighted by molar-refractivity contribution is -0.123. The highest BCUT2D eigenvalue weighted by Crippen LogP contribution is 2.40. The van der Waals surface area contributed by atoms with Crippen LogP contribution >= 0.6 is 0 Å². The van der Waals surface area contributed by atoms with Crippen molar-refractivity contribution < 1.29 is 19.1 Å². The Balaban J connectivity index is 1.12. The molecule has 2 amide bonds. The van der Waals surface area contributed by atoms with Gasteiger partial charge in [-0.25, -0.2) is 4.58 Å². The second-order valence-corrected chi connectivity index (χ2v) is 15.5. The Morgan fingerprint density at radius 3 is 2.16 bits per heavy atom. The van der Waals surface area contributed by atoms with Crippen molar-refractivity contribution in [1.82, 2.24) is 46.3 Å². The third-order valence-electron chi connectivity index (χ3n) is 10.9. The van der Waals surface area contributed by atoms with E-state index in [1.165, 1.54) is 0 Å². The van der Waals surface area contributed by atoms with Crippen LogP contribution in [0.5, 0.6) is 0 Å². The first-order chi connectivity index (χ1) is 27.7. The molecule has 2 aromatic carbocycles. The second kappa shape index (κ2) is 20.8. The van der Waals surface area contributed by atoms with Crippen LogP contribution in [0.25, 0.3) is 33.4 Å². The van der Waals surface area contributed by atoms with Gasteiger partial charge in [0.05, 0.1) is 12.2 Å². The number of nitrogens with one attached hydrogen (secondary N) is 6. The molecule has 0 spiro atoms. The number of rotatable bonds is 12. The van der Waals surface area contributed by atoms with Gasteiger partial charge in [0.25, 0.3) is 5.91 Å². The Labute approximate surface area is 337 Å². The van der Waals surface area contributed by atoms with Crippen molar-refractivity contribution in [3.8, 4) is 22.5 Å². The monoisotopic (exact) mass is 784 g/mol. The van der Waals surface area contributed by atoms with E-state index < -0.39 is 6.10 Å². The quantitative estimate of drug-likeness (QED) is 0.0603. The van der Waals surface area contributed by atoms with E-state index in [-0.39, 0.29) is 37.4 Å². The molecule has 7 N–H and O–H groups in total. The van der Waals surface area contributed by atoms with Crippen LogP contribution in [-0.2, 0) is 4.79 Å². The fourth-order valence-corrected chi connectivity index (χ4v) is 7.70. The van der Waals surface area contributed by atoms with Gasteiger partial charge >= 0.3 is 0 Å². The third kappa shape index (κ3) is 11.6. The van der Waals surface area contributed by atoms with Crippen LogP contribution in [0.15, 0.2) is 65.1 Å². The summed E-state index contributed by atoms with van der Waals surface area (Å²) in [5, 5.41) is 33.5. The SMILES string of the molecule is CN(C)c1ccc2c(-c3cccc(C(=O)NCCNC(=O)CC(C(O)CN4CCNCCNCC4)N4CCNCCNCC4)c3)c3ccc(=[N+](C)C)cc-3oc2c1. The number of aliphatic hydroxyl groups is 1. The summed E-state index contributed by atoms with van der Waals surface area (Å²) in [6.45, 7) is 11.1. The maximum Gasteiger partial charge on any atom is 0.251 e. The Kier molecular flexibility index (Phi) is 15.4. The third-order valence-corrected chi connectivity index (χ3v) is 10.9. The number of hydrogen-bond acceptors (Lipinski definition) is 11. The van der Waals surface area contributed by atoms with Crippen molar-refractivity contribution in [3.05, 3.63) is 71.6 Å². The first-order valence-corrected chi connectivity index (χ1v) is 20.5. The summed E-state index contributed by atoms with van der Waals surface area (Å²) >= 11 is 0. The Morgan fingerprint density at radius 2 is 1.49 bits per heavy atom. The minimum atomic E-state index is -0.707. The summed E-state index contributed by atoms with van der Waals surface area (Å²) in [4.78, 5) is 33.6. The van der Waals surface area contributed by atoms with E-state index in [4.69, 9.17) is 4.42 Å². The average molecular weight is 784 g/mol. The van der Waals surface area contributed by atoms with Crippen LogP contribution in [0.1, 0.15) is 16.8 Å². The van der Waals surface area contributed by atoms with Crippen molar-refractivity contribution in [2.75, 3.05) is 131 Å². The van der Waals surface area contributed by atoms with E-state index in [0.29, 0.717) is 12.1 Å². The summed E-state index contributed by atoms with van der Waals surface area (Å²) in [6, 6.07) is 19.7. The number of carbonyl (C=O) groups is 2. The van der Waals surface area contributed by atoms with Crippen LogP contribution in [0.3, 0.4) is 0 Å². The van der Waals surface area contributed by atoms with Crippen molar-refractivity contribution in [2.45, 2.75) is 18.6 Å². The molecule has 308 valence electrons. The van der Waals surface area contributed by atoms with Crippen LogP contribution in [0, 0.1) is 0 Å². The minimum absolute atomic E-state index is 0.146. The van der Waals surface area contributed by atoms with E-state index in [0.717, 1.165) is 123 Å². The molecule has 2 aromatic rings. The van der Waals surface area contributed by atoms with Gasteiger partial charge in [-0.2, -0.15) is 0 Å². The molecule has 3 aliphatic heterocycles. The van der Waals surface area contributed by atoms with E-state index in [1.807, 2.05) is 74.1 Å². The molecule has 14 nitrogen and oxygen atoms in total. The van der Waals surface area contributed by atoms with E-state index in [9.17, 15) is 14.7 Å². The average Bonchev–Trinajstić information content (AvgIpc) is 3.43. The summed E-state index contributed by atoms with van der Waals surface area (Å²) in [5.41, 5.74) is 5.18. The highest BCUT2D eigenvalue weighted by Gasteiger charge is 2.30. The topological polar surface area (TPSA) is 152 Å². The lowest BCUT2D eigenvalue weighted by atomic mass is 9.92. The molecule has 1 aliphatic carbocycles. The predicted octanol–water partition coefficient (Wildman–Crippen LogP) is 0.258. The van der Waals surface area contributed by atoms with Crippen LogP contribution < -0.4 is 46.7 Å². The zero-order valence-corrected chi connectivity index (χ0v) is 34.2. The largest absolute Gasteiger partial charge is 0.456 e. The van der Waals surface area contributed by atoms with Gasteiger partial charge in [-0.05, 0) is 35.9 Å². The van der Waals surface area contributed by atoms with Gasteiger partial charge in [-0.1, -0.05) is 12.1 Å². The van der Waals surface area contributed by atoms with Gasteiger partial charge in [0, 0.05) is 165 Å². The van der Waals surface area contributed by atoms with Crippen molar-refractivity contribution in [2.24, 2.45) is 0 Å². The lowest BCUT2D eigenvalue weighted by Gasteiger charge is -2.36. The number of aliphatic hydroxyl groups excluding tert-OH is 1. The molecule has 0 bridgehead atoms. The molecule has 6 rings (SSSR count). The molecule has 2 saturated heterocycles. The van der Waals surface area contributed by atoms with Gasteiger partial charge in [-0.3, -0.25) is 19.4 Å². The number of anilines is 1. The lowest BCUT2D eigenvalue weighted by Crippen LogP contribution is -2.53. The zero-order chi connectivity index (χ0) is 40.1. The van der Waals surface area contributed by atoms with Gasteiger partial charge in [0.2, 0.25) is 11.3 Å². The van der Waals surface area contributed by atoms with Crippen LogP contribution in [0.2, 0.25) is 0 Å². The summed E-state index contributed by atoms with van der Waals surface area (Å²) in [5.74, 6) is 0.396. The summed E-state index contributed by atoms with van der Waals surface area (Å²) < 4.78 is 8.54. The number of fused-ring (bicyclic) bond motifs is 2. The molecule has 3 heterocycles. The molecule has 14 heteroatoms. The molecule has 2 unspecified atom stereocenters. The molecule has 57 heavy (non-hydrogen) atoms. The van der Waals surface area contributed by atoms with Crippen molar-refractivity contribution in [3.63, 3.8) is 0 Å². The summed E-state index contributed by atoms with van der Waals surface area (Å²) in [7, 11) is 8.03. The highest BCUT2D eigenvalue weighted by molar-refractivity contribution is 6.04. The maximum atomic E-state index is 13.5. The first-order valence-electron chi connectivity index (χ1n) is 20.5. The maximum absolute atomic E-state index is 13.5. The molecular weight excluding hydrogens is 721 g/mol. The van der Waals surface area contributed by atoms with Crippen molar-refractivity contribution >= 4 is 28.5 Å². The number of nitrogens with zero attached hydrogens (tertiary/aromatic N) is 4. The number of amides is 2. The van der Waals surface area contributed by atoms with Gasteiger partial charge in [-0.15, -0.1) is 0 Å². The van der Waals surface area contributed by atoms with E-state index in [2.05, 4.69) is 66.0 Å². The highest BCUT2D eigenvalue weighted by atomic mass is 16.3. The zero-order valence-electron chi connectivity index (χ0n) is 34.2. The standard InChI is InChI=1S/C43H62N10O4/c1-50(2)33-8-10-35-39(27-33)57-40-28-34(51(3)4)9-11-36(40)42(35)31-6-5-7-32(26-31)43(56)49-17-16-48-41(55)29-37(53-24-20-46-14-15-47-21-25-53)38(54)30-52-22-18-44-12-13-45-19-23-52/h5-11,26-28,37-38,44-47,54H,12-25,29-30H2,1-4H3,(H-,48,49,55,56)/p+1. The Bertz CT molecular complexity index is 1960. The fraction of sp³-hybridized carbons (Fsp3) is 0.512. The molecule has 0 saturated carbocycles. The molecular formula is C43H63N10O4+. The number of hydrogen-bond donors (Lipinski definition) is 7. The van der Waals surface area contributed by atoms with E-state index in [1.54, 1.807) is 0 Å². The molecule has 0 radical (unpaired) electrons. The second-order valence-electron chi connectivity index (χ2n) is 15.5. The minimum Gasteiger partial charge on any atom is -0.456 e. The Morgan fingerprint density at radius 1 is 0.825 bits per heavy atom. The summed E-state index contributed by atoms with van der Waals surface area (Å²) in [6.07, 6.45) is -0.541. The van der Waals surface area contributed by atoms with Crippen LogP contribution in [-0.4, -0.2) is 165 Å². The van der Waals surface area contributed by atoms with E-state index >= 15 is 0 Å². The molecule has 2 atom stereocenters. The normalized spacial score (nSPS) is 17.6. The molecule has 0 aromatic heterocycles. The van der Waals surface area contributed by atoms with Crippen molar-refractivity contribution in [1.29, 1.82) is 0 Å². The van der Waals surface area contributed by atoms with Gasteiger partial charge < -0.3 is 46.3 Å². The number of benzene rings is 3. The fourth-order valence-electron chi connectivity index (χ4n) is 7.70. The number of carbonyl (C=O) groups excluding carboxylic acids is 2. The van der Waals surface area contributed by atoms with Gasteiger partial charge in [0.1, 0.15) is 25.4 Å². The van der Waals surface area contributed by atoms with Crippen LogP contribution in [0.4, 0.5) is 5.69 Å². The smallest absolute Gasteiger partial charge is 0.251 e. The number of β-amino-alcohol motifs (C(OH)–C–C–N with tert-alkyl or cyclic N) is 1. The predicted molar refractivity (Wildman–Crippen MR) is 229 cm³/mol. The first kappa shape index (κ1) is 42.2. The molecule has 4 aliphatic rings. The Hall–Kier alpha value is -4.41. The molecule has 2 fully saturated rings. The van der Waals surface area contributed by atoms with Gasteiger partial charge in [0.15, 0.2) is 0 Å².